The molecule has 0 unspecified atom stereocenters. The monoisotopic (exact) mass is 460 g/mol. The van der Waals surface area contributed by atoms with E-state index < -0.39 is 0 Å². The molecular formula is C26H25ClN4O2. The van der Waals surface area contributed by atoms with Crippen LogP contribution in [0.5, 0.6) is 5.88 Å². The van der Waals surface area contributed by atoms with Gasteiger partial charge in [-0.2, -0.15) is 10.2 Å². The first-order valence-electron chi connectivity index (χ1n) is 11.0. The molecule has 0 spiro atoms. The normalized spacial score (nSPS) is 14.0. The minimum atomic E-state index is -0.00326. The van der Waals surface area contributed by atoms with Crippen LogP contribution in [-0.4, -0.2) is 46.4 Å². The molecule has 0 atom stereocenters. The van der Waals surface area contributed by atoms with Crippen molar-refractivity contribution in [1.29, 1.82) is 5.26 Å². The number of amides is 1. The smallest absolute Gasteiger partial charge is 0.237 e. The molecule has 0 N–H and O–H groups in total. The maximum absolute atomic E-state index is 11.7. The van der Waals surface area contributed by atoms with Crippen LogP contribution < -0.4 is 4.74 Å². The number of benzene rings is 2. The molecule has 0 aliphatic carbocycles. The van der Waals surface area contributed by atoms with E-state index in [1.807, 2.05) is 41.3 Å². The molecule has 2 heterocycles. The molecule has 33 heavy (non-hydrogen) atoms. The molecule has 6 nitrogen and oxygen atoms in total. The zero-order chi connectivity index (χ0) is 23.0. The Hall–Kier alpha value is -3.43. The zero-order valence-electron chi connectivity index (χ0n) is 18.3. The molecule has 4 rings (SSSR count). The number of hydrogen-bond acceptors (Lipinski definition) is 5. The summed E-state index contributed by atoms with van der Waals surface area (Å²) in [4.78, 5) is 22.6. The lowest BCUT2D eigenvalue weighted by Crippen LogP contribution is -2.40. The molecule has 1 aliphatic heterocycles. The fraction of sp³-hybridized carbons (Fsp3) is 0.308. The van der Waals surface area contributed by atoms with Crippen molar-refractivity contribution in [3.05, 3.63) is 77.5 Å². The molecule has 7 heteroatoms. The van der Waals surface area contributed by atoms with Gasteiger partial charge >= 0.3 is 0 Å². The van der Waals surface area contributed by atoms with Gasteiger partial charge in [-0.15, -0.1) is 11.6 Å². The Morgan fingerprint density at radius 3 is 2.64 bits per heavy atom. The van der Waals surface area contributed by atoms with Crippen LogP contribution in [0.4, 0.5) is 0 Å². The summed E-state index contributed by atoms with van der Waals surface area (Å²) in [5.74, 6) is 1.58. The Balaban J connectivity index is 1.38. The minimum absolute atomic E-state index is 0.00326. The molecule has 0 saturated carbocycles. The second kappa shape index (κ2) is 10.9. The number of nitrogens with zero attached hydrogens (tertiary/aromatic N) is 4. The van der Waals surface area contributed by atoms with Crippen molar-refractivity contribution < 1.29 is 9.53 Å². The van der Waals surface area contributed by atoms with E-state index >= 15 is 0 Å². The SMILES string of the molecule is N#Cc1cccc(Cc2cccc(-c3nccc(OCC4CCN(C(=O)CCl)CC4)n3)c2)c1. The highest BCUT2D eigenvalue weighted by Crippen LogP contribution is 2.22. The van der Waals surface area contributed by atoms with E-state index in [1.54, 1.807) is 12.3 Å². The van der Waals surface area contributed by atoms with Gasteiger partial charge < -0.3 is 9.64 Å². The largest absolute Gasteiger partial charge is 0.477 e. The second-order valence-corrected chi connectivity index (χ2v) is 8.44. The third kappa shape index (κ3) is 6.09. The summed E-state index contributed by atoms with van der Waals surface area (Å²) in [6, 6.07) is 19.7. The average molecular weight is 461 g/mol. The number of halogens is 1. The summed E-state index contributed by atoms with van der Waals surface area (Å²) in [6.45, 7) is 2.01. The van der Waals surface area contributed by atoms with Crippen molar-refractivity contribution in [2.75, 3.05) is 25.6 Å². The predicted octanol–water partition coefficient (Wildman–Crippen LogP) is 4.46. The van der Waals surface area contributed by atoms with E-state index in [-0.39, 0.29) is 11.8 Å². The number of carbonyl (C=O) groups is 1. The van der Waals surface area contributed by atoms with E-state index in [1.165, 1.54) is 0 Å². The van der Waals surface area contributed by atoms with Gasteiger partial charge in [-0.3, -0.25) is 4.79 Å². The van der Waals surface area contributed by atoms with E-state index in [2.05, 4.69) is 28.2 Å². The van der Waals surface area contributed by atoms with Gasteiger partial charge in [-0.05, 0) is 54.5 Å². The van der Waals surface area contributed by atoms with Gasteiger partial charge in [0, 0.05) is 30.9 Å². The quantitative estimate of drug-likeness (QED) is 0.486. The standard InChI is InChI=1S/C26H25ClN4O2/c27-16-25(32)31-11-8-19(9-12-31)18-33-24-7-10-29-26(30-24)23-6-2-4-21(15-23)13-20-3-1-5-22(14-20)17-28/h1-7,10,14-15,19H,8-9,11-13,16,18H2. The fourth-order valence-corrected chi connectivity index (χ4v) is 4.17. The molecule has 1 saturated heterocycles. The average Bonchev–Trinajstić information content (AvgIpc) is 2.88. The Morgan fingerprint density at radius 1 is 1.12 bits per heavy atom. The van der Waals surface area contributed by atoms with Gasteiger partial charge in [-0.25, -0.2) is 4.98 Å². The van der Waals surface area contributed by atoms with Crippen molar-refractivity contribution in [1.82, 2.24) is 14.9 Å². The lowest BCUT2D eigenvalue weighted by molar-refractivity contribution is -0.130. The predicted molar refractivity (Wildman–Crippen MR) is 127 cm³/mol. The van der Waals surface area contributed by atoms with Gasteiger partial charge in [-0.1, -0.05) is 30.3 Å². The molecule has 168 valence electrons. The number of nitriles is 1. The third-order valence-corrected chi connectivity index (χ3v) is 6.06. The summed E-state index contributed by atoms with van der Waals surface area (Å²) in [6.07, 6.45) is 4.23. The van der Waals surface area contributed by atoms with E-state index in [9.17, 15) is 4.79 Å². The fourth-order valence-electron chi connectivity index (χ4n) is 4.01. The van der Waals surface area contributed by atoms with Crippen molar-refractivity contribution in [3.8, 4) is 23.3 Å². The lowest BCUT2D eigenvalue weighted by Gasteiger charge is -2.31. The van der Waals surface area contributed by atoms with Gasteiger partial charge in [0.1, 0.15) is 5.88 Å². The van der Waals surface area contributed by atoms with Crippen molar-refractivity contribution in [2.24, 2.45) is 5.92 Å². The molecule has 3 aromatic rings. The summed E-state index contributed by atoms with van der Waals surface area (Å²) < 4.78 is 5.97. The van der Waals surface area contributed by atoms with Crippen molar-refractivity contribution in [2.45, 2.75) is 19.3 Å². The molecule has 1 amide bonds. The number of piperidine rings is 1. The van der Waals surface area contributed by atoms with Crippen LogP contribution in [0.25, 0.3) is 11.4 Å². The topological polar surface area (TPSA) is 79.1 Å². The number of hydrogen-bond donors (Lipinski definition) is 0. The van der Waals surface area contributed by atoms with Gasteiger partial charge in [0.15, 0.2) is 5.82 Å². The van der Waals surface area contributed by atoms with Crippen LogP contribution in [0.3, 0.4) is 0 Å². The van der Waals surface area contributed by atoms with E-state index in [4.69, 9.17) is 21.6 Å². The number of aromatic nitrogens is 2. The van der Waals surface area contributed by atoms with E-state index in [0.29, 0.717) is 29.8 Å². The first kappa shape index (κ1) is 22.8. The second-order valence-electron chi connectivity index (χ2n) is 8.18. The van der Waals surface area contributed by atoms with Crippen LogP contribution in [0.15, 0.2) is 60.8 Å². The van der Waals surface area contributed by atoms with Crippen molar-refractivity contribution >= 4 is 17.5 Å². The summed E-state index contributed by atoms with van der Waals surface area (Å²) in [5, 5.41) is 9.12. The maximum atomic E-state index is 11.7. The molecule has 1 fully saturated rings. The first-order valence-corrected chi connectivity index (χ1v) is 11.6. The first-order chi connectivity index (χ1) is 16.1. The Bertz CT molecular complexity index is 1150. The Kier molecular flexibility index (Phi) is 7.54. The number of carbonyl (C=O) groups excluding carboxylic acids is 1. The summed E-state index contributed by atoms with van der Waals surface area (Å²) in [7, 11) is 0. The summed E-state index contributed by atoms with van der Waals surface area (Å²) in [5.41, 5.74) is 3.79. The molecule has 2 aromatic carbocycles. The van der Waals surface area contributed by atoms with Crippen LogP contribution >= 0.6 is 11.6 Å². The van der Waals surface area contributed by atoms with Crippen molar-refractivity contribution in [3.63, 3.8) is 0 Å². The van der Waals surface area contributed by atoms with Gasteiger partial charge in [0.05, 0.1) is 18.2 Å². The molecule has 0 bridgehead atoms. The molecule has 0 radical (unpaired) electrons. The van der Waals surface area contributed by atoms with Crippen LogP contribution in [0, 0.1) is 17.2 Å². The lowest BCUT2D eigenvalue weighted by atomic mass is 9.98. The number of alkyl halides is 1. The minimum Gasteiger partial charge on any atom is -0.477 e. The van der Waals surface area contributed by atoms with Gasteiger partial charge in [0.2, 0.25) is 11.8 Å². The Labute approximate surface area is 198 Å². The maximum Gasteiger partial charge on any atom is 0.237 e. The van der Waals surface area contributed by atoms with Gasteiger partial charge in [0.25, 0.3) is 0 Å². The highest BCUT2D eigenvalue weighted by atomic mass is 35.5. The molecule has 1 aromatic heterocycles. The van der Waals surface area contributed by atoms with E-state index in [0.717, 1.165) is 49.0 Å². The third-order valence-electron chi connectivity index (χ3n) is 5.83. The molecular weight excluding hydrogens is 436 g/mol. The van der Waals surface area contributed by atoms with Crippen LogP contribution in [0.2, 0.25) is 0 Å². The number of ether oxygens (including phenoxy) is 1. The number of likely N-dealkylation sites (tertiary alicyclic amines) is 1. The highest BCUT2D eigenvalue weighted by Gasteiger charge is 2.22. The zero-order valence-corrected chi connectivity index (χ0v) is 19.0. The Morgan fingerprint density at radius 2 is 1.88 bits per heavy atom. The van der Waals surface area contributed by atoms with Crippen LogP contribution in [0.1, 0.15) is 29.5 Å². The number of rotatable bonds is 7. The highest BCUT2D eigenvalue weighted by molar-refractivity contribution is 6.27. The van der Waals surface area contributed by atoms with Crippen LogP contribution in [-0.2, 0) is 11.2 Å². The summed E-state index contributed by atoms with van der Waals surface area (Å²) >= 11 is 5.65. The molecule has 1 aliphatic rings.